The van der Waals surface area contributed by atoms with Crippen LogP contribution in [-0.2, 0) is 19.4 Å². The Hall–Kier alpha value is -2.03. The number of sulfone groups is 1. The van der Waals surface area contributed by atoms with E-state index in [1.165, 1.54) is 23.9 Å². The van der Waals surface area contributed by atoms with Crippen LogP contribution < -0.4 is 10.6 Å². The van der Waals surface area contributed by atoms with Crippen molar-refractivity contribution in [2.75, 3.05) is 22.1 Å². The van der Waals surface area contributed by atoms with Crippen LogP contribution in [0.15, 0.2) is 52.3 Å². The van der Waals surface area contributed by atoms with E-state index < -0.39 is 15.7 Å². The fourth-order valence-electron chi connectivity index (χ4n) is 2.57. The van der Waals surface area contributed by atoms with E-state index in [1.807, 2.05) is 6.92 Å². The number of carbonyl (C=O) groups excluding carboxylic acids is 2. The van der Waals surface area contributed by atoms with E-state index in [4.69, 9.17) is 11.6 Å². The van der Waals surface area contributed by atoms with Crippen LogP contribution in [0.1, 0.15) is 13.3 Å². The number of nitrogens with one attached hydrogen (secondary N) is 2. The topological polar surface area (TPSA) is 92.3 Å². The highest BCUT2D eigenvalue weighted by Crippen LogP contribution is 2.34. The van der Waals surface area contributed by atoms with E-state index >= 15 is 0 Å². The zero-order valence-corrected chi connectivity index (χ0v) is 17.5. The number of hydrogen-bond donors (Lipinski definition) is 2. The number of benzene rings is 2. The Morgan fingerprint density at radius 2 is 1.96 bits per heavy atom. The number of carbonyl (C=O) groups is 2. The van der Waals surface area contributed by atoms with Gasteiger partial charge in [-0.25, -0.2) is 8.42 Å². The Morgan fingerprint density at radius 3 is 2.68 bits per heavy atom. The lowest BCUT2D eigenvalue weighted by Crippen LogP contribution is -2.20. The van der Waals surface area contributed by atoms with Gasteiger partial charge in [-0.2, -0.15) is 0 Å². The largest absolute Gasteiger partial charge is 0.326 e. The number of amides is 2. The molecular formula is C19H19ClN2O4S2. The summed E-state index contributed by atoms with van der Waals surface area (Å²) in [4.78, 5) is 25.0. The van der Waals surface area contributed by atoms with Gasteiger partial charge in [0.1, 0.15) is 0 Å². The molecular weight excluding hydrogens is 420 g/mol. The Morgan fingerprint density at radius 1 is 1.25 bits per heavy atom. The smallest absolute Gasteiger partial charge is 0.228 e. The third kappa shape index (κ3) is 5.06. The van der Waals surface area contributed by atoms with Crippen LogP contribution >= 0.6 is 23.4 Å². The molecule has 2 N–H and O–H groups in total. The number of anilines is 2. The fourth-order valence-corrected chi connectivity index (χ4v) is 4.97. The van der Waals surface area contributed by atoms with Crippen molar-refractivity contribution in [3.8, 4) is 0 Å². The highest BCUT2D eigenvalue weighted by atomic mass is 35.5. The zero-order valence-electron chi connectivity index (χ0n) is 15.1. The van der Waals surface area contributed by atoms with Gasteiger partial charge in [0.15, 0.2) is 9.84 Å². The Labute approximate surface area is 173 Å². The molecule has 1 aliphatic rings. The third-order valence-corrected chi connectivity index (χ3v) is 7.53. The molecule has 9 heteroatoms. The van der Waals surface area contributed by atoms with Crippen molar-refractivity contribution in [3.63, 3.8) is 0 Å². The van der Waals surface area contributed by atoms with E-state index in [0.29, 0.717) is 22.2 Å². The molecule has 0 aromatic heterocycles. The second-order valence-corrected chi connectivity index (χ2v) is 10.1. The van der Waals surface area contributed by atoms with Gasteiger partial charge in [0.2, 0.25) is 11.8 Å². The maximum atomic E-state index is 12.6. The summed E-state index contributed by atoms with van der Waals surface area (Å²) in [6.45, 7) is 1.82. The standard InChI is InChI=1S/C19H19ClN2O4S2/c1-12-11-27-17-7-6-15(10-16(17)22-19(12)24)28(25,26)9-8-18(23)21-14-4-2-13(20)3-5-14/h2-7,10,12H,8-9,11H2,1H3,(H,21,23)(H,22,24)/t12-/m1/s1. The molecule has 0 radical (unpaired) electrons. The third-order valence-electron chi connectivity index (χ3n) is 4.23. The molecule has 1 atom stereocenters. The molecule has 6 nitrogen and oxygen atoms in total. The molecule has 28 heavy (non-hydrogen) atoms. The Kier molecular flexibility index (Phi) is 6.32. The maximum Gasteiger partial charge on any atom is 0.228 e. The molecule has 3 rings (SSSR count). The van der Waals surface area contributed by atoms with E-state index in [9.17, 15) is 18.0 Å². The number of halogens is 1. The maximum absolute atomic E-state index is 12.6. The number of hydrogen-bond acceptors (Lipinski definition) is 5. The van der Waals surface area contributed by atoms with Crippen molar-refractivity contribution in [1.29, 1.82) is 0 Å². The molecule has 0 saturated heterocycles. The zero-order chi connectivity index (χ0) is 20.3. The average Bonchev–Trinajstić information content (AvgIpc) is 2.80. The number of fused-ring (bicyclic) bond motifs is 1. The van der Waals surface area contributed by atoms with Gasteiger partial charge in [0.25, 0.3) is 0 Å². The highest BCUT2D eigenvalue weighted by Gasteiger charge is 2.23. The van der Waals surface area contributed by atoms with Crippen molar-refractivity contribution < 1.29 is 18.0 Å². The molecule has 0 spiro atoms. The van der Waals surface area contributed by atoms with Crippen molar-refractivity contribution in [3.05, 3.63) is 47.5 Å². The van der Waals surface area contributed by atoms with Gasteiger partial charge in [0.05, 0.1) is 16.3 Å². The monoisotopic (exact) mass is 438 g/mol. The first-order valence-corrected chi connectivity index (χ1v) is 11.6. The summed E-state index contributed by atoms with van der Waals surface area (Å²) in [7, 11) is -3.67. The molecule has 2 aromatic rings. The summed E-state index contributed by atoms with van der Waals surface area (Å²) in [6.07, 6.45) is -0.180. The summed E-state index contributed by atoms with van der Waals surface area (Å²) in [5.41, 5.74) is 1.04. The highest BCUT2D eigenvalue weighted by molar-refractivity contribution is 7.99. The minimum Gasteiger partial charge on any atom is -0.326 e. The fraction of sp³-hybridized carbons (Fsp3) is 0.263. The van der Waals surface area contributed by atoms with Gasteiger partial charge in [-0.05, 0) is 42.5 Å². The van der Waals surface area contributed by atoms with Crippen LogP contribution in [0, 0.1) is 5.92 Å². The lowest BCUT2D eigenvalue weighted by Gasteiger charge is -2.10. The summed E-state index contributed by atoms with van der Waals surface area (Å²) >= 11 is 7.30. The summed E-state index contributed by atoms with van der Waals surface area (Å²) in [5.74, 6) is -0.395. The van der Waals surface area contributed by atoms with Gasteiger partial charge in [-0.3, -0.25) is 9.59 Å². The molecule has 148 valence electrons. The summed E-state index contributed by atoms with van der Waals surface area (Å²) in [5, 5.41) is 5.96. The number of thioether (sulfide) groups is 1. The van der Waals surface area contributed by atoms with Crippen LogP contribution in [0.4, 0.5) is 11.4 Å². The van der Waals surface area contributed by atoms with E-state index in [1.54, 1.807) is 30.3 Å². The lowest BCUT2D eigenvalue weighted by atomic mass is 10.2. The van der Waals surface area contributed by atoms with Crippen LogP contribution in [0.5, 0.6) is 0 Å². The van der Waals surface area contributed by atoms with Crippen LogP contribution in [-0.4, -0.2) is 31.7 Å². The second kappa shape index (κ2) is 8.55. The first-order valence-electron chi connectivity index (χ1n) is 8.60. The molecule has 0 saturated carbocycles. The molecule has 2 aromatic carbocycles. The van der Waals surface area contributed by atoms with E-state index in [2.05, 4.69) is 10.6 Å². The first-order chi connectivity index (χ1) is 13.2. The quantitative estimate of drug-likeness (QED) is 0.740. The minimum absolute atomic E-state index is 0.0843. The van der Waals surface area contributed by atoms with Crippen LogP contribution in [0.2, 0.25) is 5.02 Å². The van der Waals surface area contributed by atoms with Crippen molar-refractivity contribution in [2.45, 2.75) is 23.1 Å². The predicted octanol–water partition coefficient (Wildman–Crippen LogP) is 3.82. The molecule has 2 amide bonds. The van der Waals surface area contributed by atoms with Crippen LogP contribution in [0.25, 0.3) is 0 Å². The summed E-state index contributed by atoms with van der Waals surface area (Å²) in [6, 6.07) is 11.2. The molecule has 0 bridgehead atoms. The molecule has 1 heterocycles. The van der Waals surface area contributed by atoms with Crippen LogP contribution in [0.3, 0.4) is 0 Å². The van der Waals surface area contributed by atoms with Crippen molar-refractivity contribution >= 4 is 56.4 Å². The van der Waals surface area contributed by atoms with Gasteiger partial charge < -0.3 is 10.6 Å². The van der Waals surface area contributed by atoms with Gasteiger partial charge in [0, 0.05) is 33.7 Å². The second-order valence-electron chi connectivity index (χ2n) is 6.48. The lowest BCUT2D eigenvalue weighted by molar-refractivity contribution is -0.118. The van der Waals surface area contributed by atoms with Crippen molar-refractivity contribution in [1.82, 2.24) is 0 Å². The van der Waals surface area contributed by atoms with E-state index in [-0.39, 0.29) is 28.9 Å². The Bertz CT molecular complexity index is 1010. The molecule has 1 aliphatic heterocycles. The number of rotatable bonds is 5. The van der Waals surface area contributed by atoms with Gasteiger partial charge >= 0.3 is 0 Å². The molecule has 0 unspecified atom stereocenters. The first kappa shape index (κ1) is 20.7. The van der Waals surface area contributed by atoms with Crippen molar-refractivity contribution in [2.24, 2.45) is 5.92 Å². The predicted molar refractivity (Wildman–Crippen MR) is 112 cm³/mol. The van der Waals surface area contributed by atoms with Gasteiger partial charge in [-0.15, -0.1) is 11.8 Å². The molecule has 0 fully saturated rings. The normalized spacial score (nSPS) is 16.6. The van der Waals surface area contributed by atoms with Gasteiger partial charge in [-0.1, -0.05) is 18.5 Å². The molecule has 0 aliphatic carbocycles. The Balaban J connectivity index is 1.67. The van der Waals surface area contributed by atoms with E-state index in [0.717, 1.165) is 4.90 Å². The summed E-state index contributed by atoms with van der Waals surface area (Å²) < 4.78 is 25.3. The average molecular weight is 439 g/mol. The SMILES string of the molecule is C[C@@H]1CSc2ccc(S(=O)(=O)CCC(=O)Nc3ccc(Cl)cc3)cc2NC1=O. The minimum atomic E-state index is -3.67.